The standard InChI is InChI=1S/C27H37N3O2S2/c1-29(2)26(23-10-12-28-25-8-7-22(32-3)17-24(23)25)9-6-20-11-13-30(18-21(20)19-31)14-16-34-27-5-4-15-33-27/h4-5,7-8,10,12,15,17,20-21,26,31H,6,9,11,13-14,16,18-19H2,1-3H3/t20-,21-,26-/m1/s1. The molecule has 184 valence electrons. The van der Waals surface area contributed by atoms with Crippen molar-refractivity contribution >= 4 is 34.0 Å². The molecule has 1 aliphatic heterocycles. The molecule has 1 aromatic carbocycles. The molecule has 4 rings (SSSR count). The molecule has 0 saturated carbocycles. The maximum absolute atomic E-state index is 10.2. The predicted octanol–water partition coefficient (Wildman–Crippen LogP) is 5.41. The number of rotatable bonds is 11. The number of thiophene rings is 1. The van der Waals surface area contributed by atoms with Crippen molar-refractivity contribution in [2.24, 2.45) is 11.8 Å². The third-order valence-electron chi connectivity index (χ3n) is 7.13. The van der Waals surface area contributed by atoms with Crippen molar-refractivity contribution in [3.63, 3.8) is 0 Å². The van der Waals surface area contributed by atoms with Gasteiger partial charge in [-0.05, 0) is 93.0 Å². The Bertz CT molecular complexity index is 1030. The number of nitrogens with zero attached hydrogens (tertiary/aromatic N) is 3. The van der Waals surface area contributed by atoms with Crippen LogP contribution in [0.25, 0.3) is 10.9 Å². The van der Waals surface area contributed by atoms with Gasteiger partial charge < -0.3 is 19.6 Å². The SMILES string of the molecule is COc1ccc2nccc([C@@H](CC[C@@H]3CCN(CCSc4cccs4)C[C@@H]3CO)N(C)C)c2c1. The highest BCUT2D eigenvalue weighted by atomic mass is 32.2. The van der Waals surface area contributed by atoms with E-state index in [0.717, 1.165) is 54.9 Å². The average Bonchev–Trinajstić information content (AvgIpc) is 3.38. The van der Waals surface area contributed by atoms with E-state index >= 15 is 0 Å². The number of fused-ring (bicyclic) bond motifs is 1. The summed E-state index contributed by atoms with van der Waals surface area (Å²) in [6.07, 6.45) is 5.28. The Morgan fingerprint density at radius 3 is 2.88 bits per heavy atom. The minimum atomic E-state index is 0.279. The Morgan fingerprint density at radius 1 is 1.26 bits per heavy atom. The molecule has 1 saturated heterocycles. The van der Waals surface area contributed by atoms with E-state index in [1.165, 1.54) is 16.2 Å². The molecule has 0 radical (unpaired) electrons. The fourth-order valence-corrected chi connectivity index (χ4v) is 7.06. The van der Waals surface area contributed by atoms with Crippen molar-refractivity contribution in [3.05, 3.63) is 53.5 Å². The van der Waals surface area contributed by atoms with Gasteiger partial charge in [0, 0.05) is 43.1 Å². The fraction of sp³-hybridized carbons (Fsp3) is 0.519. The number of aromatic nitrogens is 1. The molecule has 3 heterocycles. The highest BCUT2D eigenvalue weighted by molar-refractivity contribution is 8.01. The van der Waals surface area contributed by atoms with Gasteiger partial charge in [0.05, 0.1) is 16.8 Å². The quantitative estimate of drug-likeness (QED) is 0.356. The van der Waals surface area contributed by atoms with Gasteiger partial charge >= 0.3 is 0 Å². The number of hydrogen-bond acceptors (Lipinski definition) is 7. The summed E-state index contributed by atoms with van der Waals surface area (Å²) >= 11 is 3.76. The summed E-state index contributed by atoms with van der Waals surface area (Å²) in [6, 6.07) is 12.9. The number of likely N-dealkylation sites (tertiary alicyclic amines) is 1. The second-order valence-electron chi connectivity index (χ2n) is 9.41. The molecule has 1 aliphatic rings. The van der Waals surface area contributed by atoms with Crippen LogP contribution in [0.1, 0.15) is 30.9 Å². The van der Waals surface area contributed by atoms with Crippen molar-refractivity contribution < 1.29 is 9.84 Å². The number of benzene rings is 1. The van der Waals surface area contributed by atoms with Crippen LogP contribution in [0.15, 0.2) is 52.2 Å². The van der Waals surface area contributed by atoms with Crippen LogP contribution < -0.4 is 4.74 Å². The van der Waals surface area contributed by atoms with Crippen molar-refractivity contribution in [2.45, 2.75) is 29.5 Å². The van der Waals surface area contributed by atoms with Gasteiger partial charge in [0.1, 0.15) is 5.75 Å². The summed E-state index contributed by atoms with van der Waals surface area (Å²) < 4.78 is 6.88. The van der Waals surface area contributed by atoms with E-state index in [0.29, 0.717) is 17.9 Å². The summed E-state index contributed by atoms with van der Waals surface area (Å²) in [7, 11) is 6.03. The Kier molecular flexibility index (Phi) is 9.25. The van der Waals surface area contributed by atoms with E-state index in [-0.39, 0.29) is 6.61 Å². The molecule has 0 unspecified atom stereocenters. The van der Waals surface area contributed by atoms with Gasteiger partial charge in [-0.15, -0.1) is 23.1 Å². The fourth-order valence-electron chi connectivity index (χ4n) is 5.19. The molecule has 1 N–H and O–H groups in total. The lowest BCUT2D eigenvalue weighted by Gasteiger charge is -2.39. The first-order valence-electron chi connectivity index (χ1n) is 12.2. The predicted molar refractivity (Wildman–Crippen MR) is 144 cm³/mol. The van der Waals surface area contributed by atoms with Crippen LogP contribution >= 0.6 is 23.1 Å². The molecule has 1 fully saturated rings. The lowest BCUT2D eigenvalue weighted by Crippen LogP contribution is -2.43. The first-order valence-corrected chi connectivity index (χ1v) is 14.0. The second kappa shape index (κ2) is 12.4. The van der Waals surface area contributed by atoms with Crippen LogP contribution in [-0.2, 0) is 0 Å². The highest BCUT2D eigenvalue weighted by Crippen LogP contribution is 2.35. The molecule has 0 amide bonds. The van der Waals surface area contributed by atoms with E-state index < -0.39 is 0 Å². The van der Waals surface area contributed by atoms with Gasteiger partial charge in [-0.1, -0.05) is 6.07 Å². The number of thioether (sulfide) groups is 1. The third-order valence-corrected chi connectivity index (χ3v) is 9.24. The zero-order valence-corrected chi connectivity index (χ0v) is 22.2. The number of aliphatic hydroxyl groups excluding tert-OH is 1. The topological polar surface area (TPSA) is 48.8 Å². The van der Waals surface area contributed by atoms with Crippen LogP contribution in [0, 0.1) is 11.8 Å². The molecule has 3 atom stereocenters. The minimum Gasteiger partial charge on any atom is -0.497 e. The number of pyridine rings is 1. The van der Waals surface area contributed by atoms with E-state index in [9.17, 15) is 5.11 Å². The third kappa shape index (κ3) is 6.32. The van der Waals surface area contributed by atoms with Crippen LogP contribution in [0.2, 0.25) is 0 Å². The summed E-state index contributed by atoms with van der Waals surface area (Å²) in [4.78, 5) is 9.43. The van der Waals surface area contributed by atoms with Crippen LogP contribution in [0.4, 0.5) is 0 Å². The minimum absolute atomic E-state index is 0.279. The Morgan fingerprint density at radius 2 is 2.15 bits per heavy atom. The molecular formula is C27H37N3O2S2. The zero-order chi connectivity index (χ0) is 23.9. The number of ether oxygens (including phenoxy) is 1. The van der Waals surface area contributed by atoms with Crippen LogP contribution in [0.5, 0.6) is 5.75 Å². The molecule has 0 aliphatic carbocycles. The van der Waals surface area contributed by atoms with Crippen LogP contribution in [-0.4, -0.2) is 73.1 Å². The molecular weight excluding hydrogens is 462 g/mol. The summed E-state index contributed by atoms with van der Waals surface area (Å²) in [6.45, 7) is 3.51. The van der Waals surface area contributed by atoms with Gasteiger partial charge in [0.15, 0.2) is 0 Å². The van der Waals surface area contributed by atoms with Gasteiger partial charge in [-0.2, -0.15) is 0 Å². The summed E-state index contributed by atoms with van der Waals surface area (Å²) in [5.74, 6) is 2.91. The Hall–Kier alpha value is -1.64. The largest absolute Gasteiger partial charge is 0.497 e. The maximum Gasteiger partial charge on any atom is 0.119 e. The molecule has 0 bridgehead atoms. The number of piperidine rings is 1. The first-order chi connectivity index (χ1) is 16.6. The normalized spacial score (nSPS) is 20.1. The molecule has 0 spiro atoms. The molecule has 34 heavy (non-hydrogen) atoms. The second-order valence-corrected chi connectivity index (χ2v) is 11.8. The van der Waals surface area contributed by atoms with E-state index in [1.807, 2.05) is 41.4 Å². The summed E-state index contributed by atoms with van der Waals surface area (Å²) in [5.41, 5.74) is 2.31. The lowest BCUT2D eigenvalue weighted by atomic mass is 9.81. The van der Waals surface area contributed by atoms with Gasteiger partial charge in [0.2, 0.25) is 0 Å². The molecule has 5 nitrogen and oxygen atoms in total. The zero-order valence-electron chi connectivity index (χ0n) is 20.5. The molecule has 3 aromatic rings. The number of methoxy groups -OCH3 is 1. The Balaban J connectivity index is 1.37. The van der Waals surface area contributed by atoms with Gasteiger partial charge in [-0.25, -0.2) is 0 Å². The first kappa shape index (κ1) is 25.5. The van der Waals surface area contributed by atoms with Crippen LogP contribution in [0.3, 0.4) is 0 Å². The van der Waals surface area contributed by atoms with E-state index in [2.05, 4.69) is 58.5 Å². The van der Waals surface area contributed by atoms with E-state index in [1.54, 1.807) is 7.11 Å². The van der Waals surface area contributed by atoms with Crippen molar-refractivity contribution in [2.75, 3.05) is 53.2 Å². The van der Waals surface area contributed by atoms with Gasteiger partial charge in [0.25, 0.3) is 0 Å². The monoisotopic (exact) mass is 499 g/mol. The molecule has 2 aromatic heterocycles. The highest BCUT2D eigenvalue weighted by Gasteiger charge is 2.30. The number of hydrogen-bond donors (Lipinski definition) is 1. The Labute approximate surface area is 212 Å². The summed E-state index contributed by atoms with van der Waals surface area (Å²) in [5, 5.41) is 13.5. The smallest absolute Gasteiger partial charge is 0.119 e. The lowest BCUT2D eigenvalue weighted by molar-refractivity contribution is 0.0671. The average molecular weight is 500 g/mol. The maximum atomic E-state index is 10.2. The molecule has 7 heteroatoms. The van der Waals surface area contributed by atoms with Crippen molar-refractivity contribution in [1.29, 1.82) is 0 Å². The van der Waals surface area contributed by atoms with Crippen molar-refractivity contribution in [3.8, 4) is 5.75 Å². The van der Waals surface area contributed by atoms with Gasteiger partial charge in [-0.3, -0.25) is 4.98 Å². The van der Waals surface area contributed by atoms with Crippen molar-refractivity contribution in [1.82, 2.24) is 14.8 Å². The number of aliphatic hydroxyl groups is 1. The van der Waals surface area contributed by atoms with E-state index in [4.69, 9.17) is 4.74 Å².